The molecule has 0 saturated carbocycles. The quantitative estimate of drug-likeness (QED) is 0.562. The van der Waals surface area contributed by atoms with Crippen molar-refractivity contribution < 1.29 is 31.1 Å². The third-order valence-electron chi connectivity index (χ3n) is 3.33. The largest absolute Gasteiger partial charge is 0.416 e. The van der Waals surface area contributed by atoms with Gasteiger partial charge in [0.1, 0.15) is 0 Å². The van der Waals surface area contributed by atoms with Crippen molar-refractivity contribution in [3.8, 4) is 0 Å². The number of carbonyl (C=O) groups excluding carboxylic acids is 1. The summed E-state index contributed by atoms with van der Waals surface area (Å²) in [6.07, 6.45) is -9.99. The first kappa shape index (κ1) is 19.3. The Kier molecular flexibility index (Phi) is 4.66. The molecule has 1 aliphatic rings. The third-order valence-corrected chi connectivity index (χ3v) is 3.65. The zero-order valence-electron chi connectivity index (χ0n) is 13.0. The van der Waals surface area contributed by atoms with Crippen LogP contribution in [0.5, 0.6) is 0 Å². The van der Waals surface area contributed by atoms with Gasteiger partial charge in [0.05, 0.1) is 23.2 Å². The Balaban J connectivity index is 2.33. The van der Waals surface area contributed by atoms with Crippen molar-refractivity contribution in [2.45, 2.75) is 31.7 Å². The van der Waals surface area contributed by atoms with Gasteiger partial charge in [0.25, 0.3) is 0 Å². The number of urea groups is 1. The van der Waals surface area contributed by atoms with Crippen LogP contribution < -0.4 is 10.6 Å². The van der Waals surface area contributed by atoms with Gasteiger partial charge in [-0.2, -0.15) is 26.3 Å². The van der Waals surface area contributed by atoms with Gasteiger partial charge in [-0.1, -0.05) is 0 Å². The summed E-state index contributed by atoms with van der Waals surface area (Å²) in [6, 6.07) is -0.0632. The van der Waals surface area contributed by atoms with Gasteiger partial charge < -0.3 is 10.6 Å². The molecule has 1 fully saturated rings. The highest BCUT2D eigenvalue weighted by molar-refractivity contribution is 7.80. The molecule has 4 nitrogen and oxygen atoms in total. The molecule has 0 aromatic heterocycles. The molecule has 2 rings (SSSR count). The molecule has 0 unspecified atom stereocenters. The average Bonchev–Trinajstić information content (AvgIpc) is 2.69. The Morgan fingerprint density at radius 1 is 1.12 bits per heavy atom. The Bertz CT molecular complexity index is 681. The van der Waals surface area contributed by atoms with Crippen LogP contribution in [0, 0.1) is 0 Å². The summed E-state index contributed by atoms with van der Waals surface area (Å²) in [6.45, 7) is 3.58. The molecule has 1 saturated heterocycles. The van der Waals surface area contributed by atoms with E-state index in [1.54, 1.807) is 13.8 Å². The van der Waals surface area contributed by atoms with Crippen molar-refractivity contribution in [3.05, 3.63) is 29.3 Å². The Labute approximate surface area is 144 Å². The smallest absolute Gasteiger partial charge is 0.355 e. The molecule has 0 bridgehead atoms. The van der Waals surface area contributed by atoms with Crippen LogP contribution in [0.2, 0.25) is 0 Å². The molecule has 0 radical (unpaired) electrons. The van der Waals surface area contributed by atoms with Crippen LogP contribution in [-0.2, 0) is 12.4 Å². The number of benzene rings is 1. The minimum atomic E-state index is -4.99. The lowest BCUT2D eigenvalue weighted by molar-refractivity contribution is -0.143. The highest BCUT2D eigenvalue weighted by Crippen LogP contribution is 2.37. The van der Waals surface area contributed by atoms with Crippen molar-refractivity contribution in [2.75, 3.05) is 11.9 Å². The maximum Gasteiger partial charge on any atom is 0.416 e. The second kappa shape index (κ2) is 6.04. The van der Waals surface area contributed by atoms with Gasteiger partial charge in [0.2, 0.25) is 0 Å². The van der Waals surface area contributed by atoms with Gasteiger partial charge in [0, 0.05) is 5.69 Å². The number of hydrogen-bond acceptors (Lipinski definition) is 2. The van der Waals surface area contributed by atoms with Crippen LogP contribution in [0.1, 0.15) is 25.0 Å². The van der Waals surface area contributed by atoms with Crippen LogP contribution in [0.3, 0.4) is 0 Å². The van der Waals surface area contributed by atoms with Crippen LogP contribution in [0.15, 0.2) is 18.2 Å². The molecular formula is C14H13F6N3OS. The fourth-order valence-corrected chi connectivity index (χ4v) is 2.67. The number of halogens is 6. The van der Waals surface area contributed by atoms with E-state index in [0.29, 0.717) is 12.1 Å². The number of amides is 2. The summed E-state index contributed by atoms with van der Waals surface area (Å²) in [7, 11) is 0. The zero-order valence-corrected chi connectivity index (χ0v) is 13.8. The zero-order chi connectivity index (χ0) is 19.2. The normalized spacial score (nSPS) is 17.4. The molecule has 0 spiro atoms. The Hall–Kier alpha value is -2.04. The standard InChI is InChI=1S/C14H13F6N3OS/c1-12(2)6-23(11(25)22-12)10(24)21-9-4-7(13(15,16)17)3-8(5-9)14(18,19)20/h3-5H,6H2,1-2H3,(H,21,24)(H,22,25). The molecular weight excluding hydrogens is 372 g/mol. The number of hydrogen-bond donors (Lipinski definition) is 2. The molecule has 2 amide bonds. The summed E-state index contributed by atoms with van der Waals surface area (Å²) < 4.78 is 76.9. The van der Waals surface area contributed by atoms with Crippen LogP contribution in [-0.4, -0.2) is 28.1 Å². The van der Waals surface area contributed by atoms with Gasteiger partial charge in [-0.25, -0.2) is 4.79 Å². The summed E-state index contributed by atoms with van der Waals surface area (Å²) in [5.41, 5.74) is -4.21. The number of nitrogens with zero attached hydrogens (tertiary/aromatic N) is 1. The summed E-state index contributed by atoms with van der Waals surface area (Å²) in [5.74, 6) is 0. The SMILES string of the molecule is CC1(C)CN(C(=O)Nc2cc(C(F)(F)F)cc(C(F)(F)F)c2)C(=S)N1. The molecule has 1 aliphatic heterocycles. The molecule has 0 atom stereocenters. The first-order valence-corrected chi connectivity index (χ1v) is 7.30. The maximum absolute atomic E-state index is 12.8. The number of carbonyl (C=O) groups is 1. The van der Waals surface area contributed by atoms with E-state index in [4.69, 9.17) is 12.2 Å². The van der Waals surface area contributed by atoms with E-state index in [1.807, 2.05) is 5.32 Å². The van der Waals surface area contributed by atoms with E-state index < -0.39 is 40.7 Å². The highest BCUT2D eigenvalue weighted by Gasteiger charge is 2.38. The predicted octanol–water partition coefficient (Wildman–Crippen LogP) is 4.22. The lowest BCUT2D eigenvalue weighted by atomic mass is 10.1. The predicted molar refractivity (Wildman–Crippen MR) is 82.0 cm³/mol. The van der Waals surface area contributed by atoms with Crippen molar-refractivity contribution >= 4 is 29.0 Å². The first-order valence-electron chi connectivity index (χ1n) is 6.89. The van der Waals surface area contributed by atoms with Crippen LogP contribution in [0.25, 0.3) is 0 Å². The lowest BCUT2D eigenvalue weighted by Crippen LogP contribution is -2.37. The van der Waals surface area contributed by atoms with Crippen LogP contribution >= 0.6 is 12.2 Å². The van der Waals surface area contributed by atoms with Gasteiger partial charge in [0.15, 0.2) is 5.11 Å². The molecule has 1 aromatic rings. The van der Waals surface area contributed by atoms with Crippen molar-refractivity contribution in [2.24, 2.45) is 0 Å². The molecule has 1 aromatic carbocycles. The third kappa shape index (κ3) is 4.53. The molecule has 2 N–H and O–H groups in total. The van der Waals surface area contributed by atoms with E-state index in [2.05, 4.69) is 5.32 Å². The second-order valence-corrected chi connectivity index (χ2v) is 6.51. The maximum atomic E-state index is 12.8. The van der Waals surface area contributed by atoms with Crippen molar-refractivity contribution in [3.63, 3.8) is 0 Å². The molecule has 11 heteroatoms. The summed E-state index contributed by atoms with van der Waals surface area (Å²) >= 11 is 4.95. The summed E-state index contributed by atoms with van der Waals surface area (Å²) in [5, 5.41) is 4.89. The van der Waals surface area contributed by atoms with Crippen molar-refractivity contribution in [1.82, 2.24) is 10.2 Å². The monoisotopic (exact) mass is 385 g/mol. The number of nitrogens with one attached hydrogen (secondary N) is 2. The minimum absolute atomic E-state index is 0.0131. The minimum Gasteiger partial charge on any atom is -0.355 e. The Morgan fingerprint density at radius 3 is 1.96 bits per heavy atom. The average molecular weight is 385 g/mol. The van der Waals surface area contributed by atoms with E-state index >= 15 is 0 Å². The topological polar surface area (TPSA) is 44.4 Å². The fraction of sp³-hybridized carbons (Fsp3) is 0.429. The molecule has 138 valence electrons. The first-order chi connectivity index (χ1) is 11.2. The molecule has 25 heavy (non-hydrogen) atoms. The number of alkyl halides is 6. The molecule has 1 heterocycles. The van der Waals surface area contributed by atoms with E-state index in [1.165, 1.54) is 0 Å². The second-order valence-electron chi connectivity index (χ2n) is 6.12. The van der Waals surface area contributed by atoms with E-state index in [9.17, 15) is 31.1 Å². The highest BCUT2D eigenvalue weighted by atomic mass is 32.1. The van der Waals surface area contributed by atoms with Gasteiger partial charge in [-0.05, 0) is 44.3 Å². The van der Waals surface area contributed by atoms with Gasteiger partial charge >= 0.3 is 18.4 Å². The van der Waals surface area contributed by atoms with Gasteiger partial charge in [-0.15, -0.1) is 0 Å². The summed E-state index contributed by atoms with van der Waals surface area (Å²) in [4.78, 5) is 13.2. The van der Waals surface area contributed by atoms with E-state index in [-0.39, 0.29) is 17.7 Å². The van der Waals surface area contributed by atoms with Gasteiger partial charge in [-0.3, -0.25) is 4.90 Å². The number of anilines is 1. The lowest BCUT2D eigenvalue weighted by Gasteiger charge is -2.19. The Morgan fingerprint density at radius 2 is 1.60 bits per heavy atom. The fourth-order valence-electron chi connectivity index (χ4n) is 2.25. The number of thiocarbonyl (C=S) groups is 1. The van der Waals surface area contributed by atoms with Crippen molar-refractivity contribution in [1.29, 1.82) is 0 Å². The van der Waals surface area contributed by atoms with E-state index in [0.717, 1.165) is 4.90 Å². The van der Waals surface area contributed by atoms with Crippen LogP contribution in [0.4, 0.5) is 36.8 Å². The number of rotatable bonds is 1. The molecule has 0 aliphatic carbocycles.